The molecule has 0 saturated carbocycles. The molecular weight excluding hydrogens is 310 g/mol. The lowest BCUT2D eigenvalue weighted by Gasteiger charge is -2.20. The Morgan fingerprint density at radius 2 is 1.78 bits per heavy atom. The Hall–Kier alpha value is -2.26. The van der Waals surface area contributed by atoms with Crippen molar-refractivity contribution in [3.63, 3.8) is 0 Å². The van der Waals surface area contributed by atoms with E-state index in [0.717, 1.165) is 16.8 Å². The molecule has 2 aromatic carbocycles. The summed E-state index contributed by atoms with van der Waals surface area (Å²) in [5.74, 6) is -0.424. The summed E-state index contributed by atoms with van der Waals surface area (Å²) < 4.78 is 5.63. The summed E-state index contributed by atoms with van der Waals surface area (Å²) in [6, 6.07) is 15.2. The van der Waals surface area contributed by atoms with Crippen molar-refractivity contribution in [1.82, 2.24) is 0 Å². The monoisotopic (exact) mass is 329 g/mol. The molecule has 0 bridgehead atoms. The first-order chi connectivity index (χ1) is 10.9. The lowest BCUT2D eigenvalue weighted by atomic mass is 10.0. The zero-order valence-electron chi connectivity index (χ0n) is 13.5. The lowest BCUT2D eigenvalue weighted by Crippen LogP contribution is -2.14. The average Bonchev–Trinajstić information content (AvgIpc) is 2.52. The van der Waals surface area contributed by atoms with Crippen molar-refractivity contribution in [3.8, 4) is 0 Å². The Bertz CT molecular complexity index is 708. The Morgan fingerprint density at radius 1 is 1.13 bits per heavy atom. The number of hydrogen-bond acceptors (Lipinski definition) is 3. The van der Waals surface area contributed by atoms with E-state index in [1.54, 1.807) is 19.1 Å². The molecule has 1 unspecified atom stereocenters. The molecule has 0 spiro atoms. The van der Waals surface area contributed by atoms with Crippen LogP contribution in [0.15, 0.2) is 60.7 Å². The van der Waals surface area contributed by atoms with E-state index >= 15 is 0 Å². The zero-order valence-corrected chi connectivity index (χ0v) is 14.3. The van der Waals surface area contributed by atoms with E-state index in [-0.39, 0.29) is 0 Å². The minimum absolute atomic E-state index is 0.363. The molecule has 2 aromatic rings. The fraction of sp³-hybridized carbons (Fsp3) is 0.211. The molecule has 0 saturated heterocycles. The van der Waals surface area contributed by atoms with E-state index in [0.29, 0.717) is 10.6 Å². The van der Waals surface area contributed by atoms with Crippen molar-refractivity contribution in [2.75, 3.05) is 19.0 Å². The van der Waals surface area contributed by atoms with E-state index in [9.17, 15) is 4.79 Å². The van der Waals surface area contributed by atoms with Gasteiger partial charge in [0.15, 0.2) is 6.10 Å². The molecule has 120 valence electrons. The van der Waals surface area contributed by atoms with E-state index in [1.807, 2.05) is 55.4 Å². The molecular formula is C19H20ClNO2. The highest BCUT2D eigenvalue weighted by atomic mass is 35.5. The SMILES string of the molecule is C=C(C)C(=O)OC(c1ccc(N(C)C)cc1)c1cccc(Cl)c1. The van der Waals surface area contributed by atoms with Gasteiger partial charge in [0.2, 0.25) is 0 Å². The van der Waals surface area contributed by atoms with Crippen molar-refractivity contribution in [3.05, 3.63) is 76.8 Å². The highest BCUT2D eigenvalue weighted by Gasteiger charge is 2.20. The van der Waals surface area contributed by atoms with Gasteiger partial charge in [0.05, 0.1) is 0 Å². The number of hydrogen-bond donors (Lipinski definition) is 0. The second-order valence-corrected chi connectivity index (χ2v) is 6.04. The Labute approximate surface area is 142 Å². The van der Waals surface area contributed by atoms with Crippen molar-refractivity contribution in [1.29, 1.82) is 0 Å². The van der Waals surface area contributed by atoms with Gasteiger partial charge in [-0.3, -0.25) is 0 Å². The third-order valence-electron chi connectivity index (χ3n) is 3.44. The molecule has 2 rings (SSSR count). The maximum atomic E-state index is 12.0. The highest BCUT2D eigenvalue weighted by molar-refractivity contribution is 6.30. The van der Waals surface area contributed by atoms with Gasteiger partial charge in [-0.25, -0.2) is 4.79 Å². The summed E-state index contributed by atoms with van der Waals surface area (Å²) in [5.41, 5.74) is 3.14. The molecule has 4 heteroatoms. The van der Waals surface area contributed by atoms with Crippen molar-refractivity contribution in [2.45, 2.75) is 13.0 Å². The molecule has 0 heterocycles. The summed E-state index contributed by atoms with van der Waals surface area (Å²) in [5, 5.41) is 0.601. The lowest BCUT2D eigenvalue weighted by molar-refractivity contribution is -0.142. The molecule has 0 aliphatic carbocycles. The molecule has 0 radical (unpaired) electrons. The smallest absolute Gasteiger partial charge is 0.334 e. The molecule has 23 heavy (non-hydrogen) atoms. The first kappa shape index (κ1) is 17.1. The first-order valence-corrected chi connectivity index (χ1v) is 7.65. The number of halogens is 1. The summed E-state index contributed by atoms with van der Waals surface area (Å²) in [4.78, 5) is 14.0. The molecule has 1 atom stereocenters. The number of esters is 1. The molecule has 0 aliphatic heterocycles. The molecule has 0 amide bonds. The number of carbonyl (C=O) groups is 1. The van der Waals surface area contributed by atoms with Crippen LogP contribution in [-0.4, -0.2) is 20.1 Å². The van der Waals surface area contributed by atoms with Gasteiger partial charge in [0.25, 0.3) is 0 Å². The predicted octanol–water partition coefficient (Wildman–Crippen LogP) is 4.61. The van der Waals surface area contributed by atoms with Gasteiger partial charge in [-0.05, 0) is 42.3 Å². The van der Waals surface area contributed by atoms with Crippen LogP contribution in [0.3, 0.4) is 0 Å². The number of rotatable bonds is 5. The van der Waals surface area contributed by atoms with E-state index in [1.165, 1.54) is 0 Å². The second-order valence-electron chi connectivity index (χ2n) is 5.61. The van der Waals surface area contributed by atoms with Crippen LogP contribution in [-0.2, 0) is 9.53 Å². The van der Waals surface area contributed by atoms with Gasteiger partial charge < -0.3 is 9.64 Å². The van der Waals surface area contributed by atoms with Gasteiger partial charge in [0, 0.05) is 30.4 Å². The standard InChI is InChI=1S/C19H20ClNO2/c1-13(2)19(22)23-18(15-6-5-7-16(20)12-15)14-8-10-17(11-9-14)21(3)4/h5-12,18H,1H2,2-4H3. The van der Waals surface area contributed by atoms with E-state index < -0.39 is 12.1 Å². The zero-order chi connectivity index (χ0) is 17.0. The molecule has 0 aromatic heterocycles. The summed E-state index contributed by atoms with van der Waals surface area (Å²) >= 11 is 6.08. The number of benzene rings is 2. The van der Waals surface area contributed by atoms with Crippen LogP contribution in [0.1, 0.15) is 24.2 Å². The third kappa shape index (κ3) is 4.36. The van der Waals surface area contributed by atoms with Crippen molar-refractivity contribution >= 4 is 23.3 Å². The summed E-state index contributed by atoms with van der Waals surface area (Å²) in [6.45, 7) is 5.27. The van der Waals surface area contributed by atoms with Crippen molar-refractivity contribution in [2.24, 2.45) is 0 Å². The first-order valence-electron chi connectivity index (χ1n) is 7.27. The second kappa shape index (κ2) is 7.34. The highest BCUT2D eigenvalue weighted by Crippen LogP contribution is 2.29. The normalized spacial score (nSPS) is 11.7. The van der Waals surface area contributed by atoms with Crippen molar-refractivity contribution < 1.29 is 9.53 Å². The fourth-order valence-electron chi connectivity index (χ4n) is 2.15. The number of anilines is 1. The van der Waals surface area contributed by atoms with Gasteiger partial charge in [-0.2, -0.15) is 0 Å². The fourth-order valence-corrected chi connectivity index (χ4v) is 2.35. The molecule has 0 N–H and O–H groups in total. The number of nitrogens with zero attached hydrogens (tertiary/aromatic N) is 1. The largest absolute Gasteiger partial charge is 0.449 e. The van der Waals surface area contributed by atoms with Crippen LogP contribution >= 0.6 is 11.6 Å². The Balaban J connectivity index is 2.40. The van der Waals surface area contributed by atoms with Crippen LogP contribution < -0.4 is 4.90 Å². The maximum Gasteiger partial charge on any atom is 0.334 e. The predicted molar refractivity (Wildman–Crippen MR) is 95.0 cm³/mol. The van der Waals surface area contributed by atoms with Crippen LogP contribution in [0, 0.1) is 0 Å². The van der Waals surface area contributed by atoms with Gasteiger partial charge in [-0.15, -0.1) is 0 Å². The minimum Gasteiger partial charge on any atom is -0.449 e. The van der Waals surface area contributed by atoms with Gasteiger partial charge in [-0.1, -0.05) is 42.4 Å². The van der Waals surface area contributed by atoms with Gasteiger partial charge >= 0.3 is 5.97 Å². The Kier molecular flexibility index (Phi) is 5.45. The van der Waals surface area contributed by atoms with Crippen LogP contribution in [0.25, 0.3) is 0 Å². The quantitative estimate of drug-likeness (QED) is 0.592. The van der Waals surface area contributed by atoms with E-state index in [2.05, 4.69) is 6.58 Å². The number of ether oxygens (including phenoxy) is 1. The van der Waals surface area contributed by atoms with Gasteiger partial charge in [0.1, 0.15) is 0 Å². The Morgan fingerprint density at radius 3 is 2.30 bits per heavy atom. The van der Waals surface area contributed by atoms with Crippen LogP contribution in [0.2, 0.25) is 5.02 Å². The molecule has 0 fully saturated rings. The maximum absolute atomic E-state index is 12.0. The summed E-state index contributed by atoms with van der Waals surface area (Å²) in [6.07, 6.45) is -0.519. The topological polar surface area (TPSA) is 29.5 Å². The minimum atomic E-state index is -0.519. The third-order valence-corrected chi connectivity index (χ3v) is 3.67. The van der Waals surface area contributed by atoms with E-state index in [4.69, 9.17) is 16.3 Å². The summed E-state index contributed by atoms with van der Waals surface area (Å²) in [7, 11) is 3.95. The average molecular weight is 330 g/mol. The van der Waals surface area contributed by atoms with Crippen LogP contribution in [0.5, 0.6) is 0 Å². The molecule has 0 aliphatic rings. The molecule has 3 nitrogen and oxygen atoms in total. The van der Waals surface area contributed by atoms with Crippen LogP contribution in [0.4, 0.5) is 5.69 Å². The number of carbonyl (C=O) groups excluding carboxylic acids is 1.